The van der Waals surface area contributed by atoms with Gasteiger partial charge in [0.1, 0.15) is 0 Å². The molecule has 0 radical (unpaired) electrons. The fourth-order valence-corrected chi connectivity index (χ4v) is 2.83. The lowest BCUT2D eigenvalue weighted by Gasteiger charge is -2.12. The molecule has 0 saturated heterocycles. The minimum atomic E-state index is -3.58. The fourth-order valence-electron chi connectivity index (χ4n) is 1.60. The van der Waals surface area contributed by atoms with Crippen molar-refractivity contribution in [2.45, 2.75) is 11.8 Å². The van der Waals surface area contributed by atoms with Gasteiger partial charge in [0.05, 0.1) is 4.90 Å². The van der Waals surface area contributed by atoms with Gasteiger partial charge in [0.25, 0.3) is 10.0 Å². The Bertz CT molecular complexity index is 785. The maximum atomic E-state index is 12.3. The Balaban J connectivity index is 2.25. The average Bonchev–Trinajstić information content (AvgIpc) is 2.46. The van der Waals surface area contributed by atoms with Gasteiger partial charge in [0, 0.05) is 23.1 Å². The van der Waals surface area contributed by atoms with E-state index in [2.05, 4.69) is 27.9 Å². The third-order valence-electron chi connectivity index (χ3n) is 2.88. The van der Waals surface area contributed by atoms with Gasteiger partial charge in [-0.3, -0.25) is 0 Å². The van der Waals surface area contributed by atoms with E-state index in [1.54, 1.807) is 24.3 Å². The van der Waals surface area contributed by atoms with Crippen LogP contribution < -0.4 is 0 Å². The third kappa shape index (κ3) is 3.87. The highest BCUT2D eigenvalue weighted by molar-refractivity contribution is 9.10. The summed E-state index contributed by atoms with van der Waals surface area (Å²) in [4.78, 5) is 0.237. The molecule has 2 aromatic carbocycles. The van der Waals surface area contributed by atoms with E-state index < -0.39 is 10.0 Å². The highest BCUT2D eigenvalue weighted by Crippen LogP contribution is 2.14. The Morgan fingerprint density at radius 1 is 1.00 bits per heavy atom. The van der Waals surface area contributed by atoms with E-state index >= 15 is 0 Å². The number of benzene rings is 2. The molecular weight excluding hydrogens is 350 g/mol. The molecule has 5 heteroatoms. The van der Waals surface area contributed by atoms with Crippen LogP contribution in [0, 0.1) is 18.9 Å². The van der Waals surface area contributed by atoms with Crippen molar-refractivity contribution in [3.8, 4) is 12.0 Å². The van der Waals surface area contributed by atoms with E-state index in [-0.39, 0.29) is 4.90 Å². The molecule has 0 bridgehead atoms. The van der Waals surface area contributed by atoms with Gasteiger partial charge in [-0.15, -0.1) is 0 Å². The van der Waals surface area contributed by atoms with Crippen molar-refractivity contribution in [1.82, 2.24) is 4.31 Å². The summed E-state index contributed by atoms with van der Waals surface area (Å²) in [7, 11) is -2.14. The van der Waals surface area contributed by atoms with Crippen LogP contribution >= 0.6 is 15.9 Å². The summed E-state index contributed by atoms with van der Waals surface area (Å²) >= 11 is 3.34. The summed E-state index contributed by atoms with van der Waals surface area (Å²) < 4.78 is 26.7. The Hall–Kier alpha value is -1.77. The maximum absolute atomic E-state index is 12.3. The molecule has 3 nitrogen and oxygen atoms in total. The first-order valence-corrected chi connectivity index (χ1v) is 8.46. The summed E-state index contributed by atoms with van der Waals surface area (Å²) in [5, 5.41) is 0. The van der Waals surface area contributed by atoms with Crippen LogP contribution in [0.15, 0.2) is 57.9 Å². The molecule has 0 aliphatic rings. The number of nitrogens with zero attached hydrogens (tertiary/aromatic N) is 1. The predicted molar refractivity (Wildman–Crippen MR) is 87.1 cm³/mol. The van der Waals surface area contributed by atoms with Crippen LogP contribution in [0.5, 0.6) is 0 Å². The summed E-state index contributed by atoms with van der Waals surface area (Å²) in [6, 6.07) is 16.7. The van der Waals surface area contributed by atoms with Crippen molar-refractivity contribution in [1.29, 1.82) is 0 Å². The highest BCUT2D eigenvalue weighted by atomic mass is 79.9. The van der Waals surface area contributed by atoms with Crippen LogP contribution in [-0.4, -0.2) is 19.8 Å². The van der Waals surface area contributed by atoms with Gasteiger partial charge in [0.15, 0.2) is 0 Å². The quantitative estimate of drug-likeness (QED) is 0.605. The monoisotopic (exact) mass is 363 g/mol. The number of aryl methyl sites for hydroxylation is 1. The molecule has 0 aliphatic carbocycles. The predicted octanol–water partition coefficient (Wildman–Crippen LogP) is 3.39. The van der Waals surface area contributed by atoms with Gasteiger partial charge >= 0.3 is 0 Å². The molecule has 0 N–H and O–H groups in total. The van der Waals surface area contributed by atoms with Gasteiger partial charge < -0.3 is 0 Å². The molecule has 0 unspecified atom stereocenters. The molecule has 0 fully saturated rings. The van der Waals surface area contributed by atoms with Gasteiger partial charge in [-0.1, -0.05) is 33.6 Å². The van der Waals surface area contributed by atoms with Crippen molar-refractivity contribution in [2.24, 2.45) is 0 Å². The fraction of sp³-hybridized carbons (Fsp3) is 0.125. The van der Waals surface area contributed by atoms with Crippen molar-refractivity contribution in [3.63, 3.8) is 0 Å². The first-order chi connectivity index (χ1) is 9.89. The standard InChI is InChI=1S/C16H14BrNO2S/c1-13-3-9-16(10-4-13)21(19,20)18(2)12-11-14-5-7-15(17)8-6-14/h3-10H,1-2H3. The molecular formula is C16H14BrNO2S. The molecule has 2 aromatic rings. The summed E-state index contributed by atoms with van der Waals surface area (Å²) in [5.41, 5.74) is 1.77. The average molecular weight is 364 g/mol. The van der Waals surface area contributed by atoms with Crippen molar-refractivity contribution >= 4 is 26.0 Å². The van der Waals surface area contributed by atoms with Crippen LogP contribution in [0.4, 0.5) is 0 Å². The van der Waals surface area contributed by atoms with E-state index in [0.29, 0.717) is 0 Å². The van der Waals surface area contributed by atoms with Crippen LogP contribution in [0.1, 0.15) is 11.1 Å². The van der Waals surface area contributed by atoms with Crippen molar-refractivity contribution in [2.75, 3.05) is 7.05 Å². The second-order valence-corrected chi connectivity index (χ2v) is 7.41. The zero-order chi connectivity index (χ0) is 15.5. The van der Waals surface area contributed by atoms with Crippen molar-refractivity contribution < 1.29 is 8.42 Å². The van der Waals surface area contributed by atoms with E-state index in [1.807, 2.05) is 31.2 Å². The zero-order valence-corrected chi connectivity index (χ0v) is 14.1. The smallest absolute Gasteiger partial charge is 0.227 e. The van der Waals surface area contributed by atoms with Gasteiger partial charge in [-0.2, -0.15) is 0 Å². The summed E-state index contributed by atoms with van der Waals surface area (Å²) in [6.45, 7) is 1.91. The SMILES string of the molecule is Cc1ccc(S(=O)(=O)N(C)C#Cc2ccc(Br)cc2)cc1. The van der Waals surface area contributed by atoms with Gasteiger partial charge in [0.2, 0.25) is 0 Å². The van der Waals surface area contributed by atoms with Crippen LogP contribution in [0.2, 0.25) is 0 Å². The first kappa shape index (κ1) is 15.6. The molecule has 0 spiro atoms. The number of hydrogen-bond donors (Lipinski definition) is 0. The van der Waals surface area contributed by atoms with E-state index in [9.17, 15) is 8.42 Å². The number of sulfonamides is 1. The van der Waals surface area contributed by atoms with Crippen LogP contribution in [-0.2, 0) is 10.0 Å². The number of halogens is 1. The Morgan fingerprint density at radius 2 is 1.57 bits per heavy atom. The molecule has 108 valence electrons. The minimum Gasteiger partial charge on any atom is -0.227 e. The van der Waals surface area contributed by atoms with E-state index in [4.69, 9.17) is 0 Å². The molecule has 0 atom stereocenters. The Kier molecular flexibility index (Phi) is 4.71. The second kappa shape index (κ2) is 6.33. The topological polar surface area (TPSA) is 37.4 Å². The minimum absolute atomic E-state index is 0.237. The van der Waals surface area contributed by atoms with Crippen LogP contribution in [0.25, 0.3) is 0 Å². The molecule has 0 aliphatic heterocycles. The largest absolute Gasteiger partial charge is 0.270 e. The van der Waals surface area contributed by atoms with Gasteiger partial charge in [-0.25, -0.2) is 12.7 Å². The van der Waals surface area contributed by atoms with Crippen LogP contribution in [0.3, 0.4) is 0 Å². The molecule has 21 heavy (non-hydrogen) atoms. The summed E-state index contributed by atoms with van der Waals surface area (Å²) in [6.07, 6.45) is 0. The first-order valence-electron chi connectivity index (χ1n) is 6.22. The maximum Gasteiger partial charge on any atom is 0.270 e. The summed E-state index contributed by atoms with van der Waals surface area (Å²) in [5.74, 6) is 2.83. The Labute approximate surface area is 133 Å². The van der Waals surface area contributed by atoms with Crippen molar-refractivity contribution in [3.05, 3.63) is 64.1 Å². The lowest BCUT2D eigenvalue weighted by atomic mass is 10.2. The second-order valence-electron chi connectivity index (χ2n) is 4.53. The lowest BCUT2D eigenvalue weighted by molar-refractivity contribution is 0.547. The zero-order valence-electron chi connectivity index (χ0n) is 11.7. The molecule has 2 rings (SSSR count). The van der Waals surface area contributed by atoms with Gasteiger partial charge in [-0.05, 0) is 49.2 Å². The number of hydrogen-bond acceptors (Lipinski definition) is 2. The lowest BCUT2D eigenvalue weighted by Crippen LogP contribution is -2.22. The molecule has 0 amide bonds. The third-order valence-corrected chi connectivity index (χ3v) is 5.09. The Morgan fingerprint density at radius 3 is 2.14 bits per heavy atom. The molecule has 0 aromatic heterocycles. The molecule has 0 saturated carbocycles. The number of rotatable bonds is 2. The normalized spacial score (nSPS) is 10.6. The highest BCUT2D eigenvalue weighted by Gasteiger charge is 2.17. The molecule has 0 heterocycles. The van der Waals surface area contributed by atoms with E-state index in [1.165, 1.54) is 7.05 Å². The van der Waals surface area contributed by atoms with E-state index in [0.717, 1.165) is 19.9 Å².